The lowest BCUT2D eigenvalue weighted by atomic mass is 9.98. The maximum Gasteiger partial charge on any atom is 0.337 e. The largest absolute Gasteiger partial charge is 0.340 e. The molecule has 5 nitrogen and oxygen atoms in total. The van der Waals surface area contributed by atoms with Crippen LogP contribution in [-0.4, -0.2) is 16.9 Å². The summed E-state index contributed by atoms with van der Waals surface area (Å²) in [6, 6.07) is 1.58. The van der Waals surface area contributed by atoms with Crippen molar-refractivity contribution < 1.29 is 14.4 Å². The Morgan fingerprint density at radius 2 is 2.00 bits per heavy atom. The fourth-order valence-electron chi connectivity index (χ4n) is 0.841. The number of rotatable bonds is 1. The molecule has 0 fully saturated rings. The van der Waals surface area contributed by atoms with E-state index in [0.717, 1.165) is 0 Å². The number of halogens is 1. The fraction of sp³-hybridized carbons (Fsp3) is 0.364. The first-order valence-electron chi connectivity index (χ1n) is 4.93. The number of pyridine rings is 1. The third-order valence-corrected chi connectivity index (χ3v) is 2.25. The van der Waals surface area contributed by atoms with E-state index in [0.29, 0.717) is 10.0 Å². The van der Waals surface area contributed by atoms with Crippen molar-refractivity contribution in [1.82, 2.24) is 10.5 Å². The molecule has 0 aromatic carbocycles. The van der Waals surface area contributed by atoms with Gasteiger partial charge in [-0.05, 0) is 42.8 Å². The lowest BCUT2D eigenvalue weighted by Gasteiger charge is -2.15. The molecule has 17 heavy (non-hydrogen) atoms. The highest BCUT2D eigenvalue weighted by molar-refractivity contribution is 9.10. The molecule has 1 heterocycles. The summed E-state index contributed by atoms with van der Waals surface area (Å²) < 4.78 is 0.673. The van der Waals surface area contributed by atoms with E-state index in [9.17, 15) is 9.59 Å². The number of carbonyl (C=O) groups excluding carboxylic acids is 2. The van der Waals surface area contributed by atoms with E-state index in [-0.39, 0.29) is 0 Å². The van der Waals surface area contributed by atoms with Crippen LogP contribution in [0.3, 0.4) is 0 Å². The highest BCUT2D eigenvalue weighted by Gasteiger charge is 2.24. The van der Waals surface area contributed by atoms with Gasteiger partial charge in [-0.1, -0.05) is 0 Å². The van der Waals surface area contributed by atoms with Gasteiger partial charge in [-0.2, -0.15) is 5.48 Å². The number of hydrogen-bond donors (Lipinski definition) is 1. The van der Waals surface area contributed by atoms with E-state index in [1.54, 1.807) is 33.0 Å². The van der Waals surface area contributed by atoms with Crippen molar-refractivity contribution in [2.75, 3.05) is 0 Å². The van der Waals surface area contributed by atoms with Gasteiger partial charge < -0.3 is 4.84 Å². The second-order valence-corrected chi connectivity index (χ2v) is 5.38. The molecule has 0 radical (unpaired) electrons. The first kappa shape index (κ1) is 13.6. The van der Waals surface area contributed by atoms with Crippen molar-refractivity contribution >= 4 is 27.8 Å². The van der Waals surface area contributed by atoms with Crippen LogP contribution < -0.4 is 5.48 Å². The summed E-state index contributed by atoms with van der Waals surface area (Å²) in [5, 5.41) is 0. The molecule has 0 saturated carbocycles. The molecule has 0 saturated heterocycles. The molecular formula is C11H13BrN2O3. The van der Waals surface area contributed by atoms with Crippen molar-refractivity contribution in [2.24, 2.45) is 5.41 Å². The van der Waals surface area contributed by atoms with Gasteiger partial charge in [0, 0.05) is 16.9 Å². The predicted molar refractivity (Wildman–Crippen MR) is 65.0 cm³/mol. The molecular weight excluding hydrogens is 288 g/mol. The van der Waals surface area contributed by atoms with Gasteiger partial charge in [0.05, 0.1) is 11.0 Å². The van der Waals surface area contributed by atoms with E-state index in [4.69, 9.17) is 0 Å². The molecule has 1 N–H and O–H groups in total. The molecule has 1 aromatic heterocycles. The molecule has 0 atom stereocenters. The third kappa shape index (κ3) is 4.14. The zero-order valence-corrected chi connectivity index (χ0v) is 11.4. The molecule has 1 aromatic rings. The number of carbonyl (C=O) groups is 2. The minimum absolute atomic E-state index is 0.307. The topological polar surface area (TPSA) is 68.3 Å². The molecule has 0 aliphatic rings. The Morgan fingerprint density at radius 3 is 2.53 bits per heavy atom. The quantitative estimate of drug-likeness (QED) is 0.806. The van der Waals surface area contributed by atoms with Crippen LogP contribution in [0.2, 0.25) is 0 Å². The normalized spacial score (nSPS) is 10.8. The van der Waals surface area contributed by atoms with Gasteiger partial charge in [0.25, 0.3) is 5.91 Å². The van der Waals surface area contributed by atoms with Gasteiger partial charge in [-0.3, -0.25) is 9.78 Å². The summed E-state index contributed by atoms with van der Waals surface area (Å²) in [5.41, 5.74) is 1.73. The standard InChI is InChI=1S/C11H13BrN2O3/c1-11(2,3)10(16)17-14-9(15)7-4-8(12)6-13-5-7/h4-6H,1-3H3,(H,14,15). The van der Waals surface area contributed by atoms with Crippen molar-refractivity contribution in [3.05, 3.63) is 28.5 Å². The first-order valence-corrected chi connectivity index (χ1v) is 5.72. The average Bonchev–Trinajstić information content (AvgIpc) is 2.24. The maximum atomic E-state index is 11.6. The molecule has 1 amide bonds. The molecule has 0 bridgehead atoms. The van der Waals surface area contributed by atoms with Crippen LogP contribution in [0.25, 0.3) is 0 Å². The number of hydrogen-bond acceptors (Lipinski definition) is 4. The van der Waals surface area contributed by atoms with Gasteiger partial charge >= 0.3 is 5.97 Å². The van der Waals surface area contributed by atoms with Crippen LogP contribution in [0.1, 0.15) is 31.1 Å². The second-order valence-electron chi connectivity index (χ2n) is 4.46. The molecule has 1 rings (SSSR count). The van der Waals surface area contributed by atoms with E-state index >= 15 is 0 Å². The van der Waals surface area contributed by atoms with E-state index in [1.165, 1.54) is 6.20 Å². The monoisotopic (exact) mass is 300 g/mol. The lowest BCUT2D eigenvalue weighted by molar-refractivity contribution is -0.158. The van der Waals surface area contributed by atoms with Crippen LogP contribution in [0, 0.1) is 5.41 Å². The first-order chi connectivity index (χ1) is 7.80. The summed E-state index contributed by atoms with van der Waals surface area (Å²) in [7, 11) is 0. The second kappa shape index (κ2) is 5.27. The summed E-state index contributed by atoms with van der Waals surface area (Å²) in [5.74, 6) is -1.02. The van der Waals surface area contributed by atoms with Crippen LogP contribution in [0.4, 0.5) is 0 Å². The van der Waals surface area contributed by atoms with Gasteiger partial charge in [-0.15, -0.1) is 0 Å². The molecule has 0 spiro atoms. The van der Waals surface area contributed by atoms with Gasteiger partial charge in [0.2, 0.25) is 0 Å². The SMILES string of the molecule is CC(C)(C)C(=O)ONC(=O)c1cncc(Br)c1. The number of aromatic nitrogens is 1. The molecule has 92 valence electrons. The average molecular weight is 301 g/mol. The fourth-order valence-corrected chi connectivity index (χ4v) is 1.21. The third-order valence-electron chi connectivity index (χ3n) is 1.82. The Labute approximate surface area is 108 Å². The van der Waals surface area contributed by atoms with Crippen LogP contribution in [-0.2, 0) is 9.63 Å². The van der Waals surface area contributed by atoms with Gasteiger partial charge in [0.15, 0.2) is 0 Å². The van der Waals surface area contributed by atoms with Crippen LogP contribution >= 0.6 is 15.9 Å². The van der Waals surface area contributed by atoms with Crippen molar-refractivity contribution in [3.63, 3.8) is 0 Å². The van der Waals surface area contributed by atoms with Crippen molar-refractivity contribution in [1.29, 1.82) is 0 Å². The zero-order chi connectivity index (χ0) is 13.1. The van der Waals surface area contributed by atoms with E-state index in [2.05, 4.69) is 31.2 Å². The molecule has 0 aliphatic carbocycles. The zero-order valence-electron chi connectivity index (χ0n) is 9.78. The maximum absolute atomic E-state index is 11.6. The summed E-state index contributed by atoms with van der Waals surface area (Å²) in [6.45, 7) is 5.09. The van der Waals surface area contributed by atoms with Crippen molar-refractivity contribution in [3.8, 4) is 0 Å². The van der Waals surface area contributed by atoms with E-state index in [1.807, 2.05) is 0 Å². The minimum Gasteiger partial charge on any atom is -0.340 e. The Morgan fingerprint density at radius 1 is 1.35 bits per heavy atom. The number of amides is 1. The highest BCUT2D eigenvalue weighted by Crippen LogP contribution is 2.14. The molecule has 0 unspecified atom stereocenters. The smallest absolute Gasteiger partial charge is 0.337 e. The Balaban J connectivity index is 2.60. The Bertz CT molecular complexity index is 441. The summed E-state index contributed by atoms with van der Waals surface area (Å²) in [4.78, 5) is 31.5. The van der Waals surface area contributed by atoms with Gasteiger partial charge in [0.1, 0.15) is 0 Å². The number of hydroxylamine groups is 1. The summed E-state index contributed by atoms with van der Waals surface area (Å²) >= 11 is 3.19. The lowest BCUT2D eigenvalue weighted by Crippen LogP contribution is -2.33. The molecule has 6 heteroatoms. The molecule has 0 aliphatic heterocycles. The number of nitrogens with zero attached hydrogens (tertiary/aromatic N) is 1. The van der Waals surface area contributed by atoms with Crippen LogP contribution in [0.15, 0.2) is 22.9 Å². The number of nitrogens with one attached hydrogen (secondary N) is 1. The highest BCUT2D eigenvalue weighted by atomic mass is 79.9. The van der Waals surface area contributed by atoms with E-state index < -0.39 is 17.3 Å². The summed E-state index contributed by atoms with van der Waals surface area (Å²) in [6.07, 6.45) is 2.93. The van der Waals surface area contributed by atoms with Gasteiger partial charge in [-0.25, -0.2) is 4.79 Å². The minimum atomic E-state index is -0.664. The Hall–Kier alpha value is -1.43. The Kier molecular flexibility index (Phi) is 4.22. The predicted octanol–water partition coefficient (Wildman–Crippen LogP) is 2.08. The van der Waals surface area contributed by atoms with Crippen molar-refractivity contribution in [2.45, 2.75) is 20.8 Å². The van der Waals surface area contributed by atoms with Crippen LogP contribution in [0.5, 0.6) is 0 Å².